The van der Waals surface area contributed by atoms with E-state index in [2.05, 4.69) is 25.9 Å². The normalized spacial score (nSPS) is 20.8. The van der Waals surface area contributed by atoms with Crippen molar-refractivity contribution in [1.82, 2.24) is 31.0 Å². The number of guanidine groups is 1. The first kappa shape index (κ1) is 34.5. The van der Waals surface area contributed by atoms with Crippen molar-refractivity contribution < 1.29 is 29.0 Å². The third-order valence-corrected chi connectivity index (χ3v) is 9.15. The predicted molar refractivity (Wildman–Crippen MR) is 179 cm³/mol. The number of aliphatic imine (C=N–C) groups is 1. The Labute approximate surface area is 281 Å². The van der Waals surface area contributed by atoms with Gasteiger partial charge in [-0.1, -0.05) is 42.5 Å². The zero-order valence-electron chi connectivity index (χ0n) is 27.0. The van der Waals surface area contributed by atoms with Crippen molar-refractivity contribution in [2.45, 2.75) is 69.4 Å². The predicted octanol–water partition coefficient (Wildman–Crippen LogP) is 1.53. The van der Waals surface area contributed by atoms with Crippen LogP contribution >= 0.6 is 11.3 Å². The van der Waals surface area contributed by atoms with Crippen LogP contribution in [0.3, 0.4) is 0 Å². The Morgan fingerprint density at radius 1 is 1.12 bits per heavy atom. The summed E-state index contributed by atoms with van der Waals surface area (Å²) in [6.07, 6.45) is -1.29. The van der Waals surface area contributed by atoms with Gasteiger partial charge in [-0.15, -0.1) is 11.3 Å². The molecule has 0 bridgehead atoms. The monoisotopic (exact) mass is 679 g/mol. The van der Waals surface area contributed by atoms with Gasteiger partial charge in [0.2, 0.25) is 5.91 Å². The molecule has 15 nitrogen and oxygen atoms in total. The molecular formula is C32H41N9O6S. The number of nitrogens with one attached hydrogen (secondary N) is 3. The average molecular weight is 680 g/mol. The van der Waals surface area contributed by atoms with Gasteiger partial charge in [-0.2, -0.15) is 4.99 Å². The van der Waals surface area contributed by atoms with E-state index in [1.165, 1.54) is 16.3 Å². The summed E-state index contributed by atoms with van der Waals surface area (Å²) >= 11 is 1.25. The van der Waals surface area contributed by atoms with Crippen molar-refractivity contribution in [2.24, 2.45) is 16.5 Å². The maximum Gasteiger partial charge on any atom is 0.408 e. The summed E-state index contributed by atoms with van der Waals surface area (Å²) in [5.74, 6) is -1.46. The molecule has 256 valence electrons. The van der Waals surface area contributed by atoms with Crippen LogP contribution in [0.5, 0.6) is 0 Å². The minimum atomic E-state index is -1.39. The maximum atomic E-state index is 14.5. The molecule has 4 atom stereocenters. The number of ether oxygens (including phenoxy) is 1. The zero-order chi connectivity index (χ0) is 34.6. The number of urea groups is 1. The number of nitrogens with zero attached hydrogens (tertiary/aromatic N) is 4. The van der Waals surface area contributed by atoms with Crippen molar-refractivity contribution in [3.63, 3.8) is 0 Å². The number of nitrogens with two attached hydrogens (primary N) is 2. The molecule has 0 radical (unpaired) electrons. The number of alkyl carbamates (subject to hydrolysis) is 1. The molecule has 2 saturated heterocycles. The van der Waals surface area contributed by atoms with Gasteiger partial charge in [-0.05, 0) is 51.3 Å². The Kier molecular flexibility index (Phi) is 10.2. The van der Waals surface area contributed by atoms with E-state index in [-0.39, 0.29) is 13.0 Å². The molecule has 0 aliphatic carbocycles. The fourth-order valence-corrected chi connectivity index (χ4v) is 6.93. The van der Waals surface area contributed by atoms with Crippen LogP contribution in [0.2, 0.25) is 0 Å². The summed E-state index contributed by atoms with van der Waals surface area (Å²) in [6.45, 7) is 5.78. The summed E-state index contributed by atoms with van der Waals surface area (Å²) in [4.78, 5) is 61.8. The van der Waals surface area contributed by atoms with Crippen molar-refractivity contribution in [1.29, 1.82) is 0 Å². The van der Waals surface area contributed by atoms with Crippen LogP contribution in [0.25, 0.3) is 10.2 Å². The minimum Gasteiger partial charge on any atom is -0.444 e. The van der Waals surface area contributed by atoms with Crippen molar-refractivity contribution in [3.8, 4) is 0 Å². The SMILES string of the molecule is CC(C)(C)OC(=O)N[C@@]1(Cc2ccccc2)CCN2CC[C@@H](C(=O)N[C@@H](CNC(=O)N=C(N)N)C(O)c3nc4ccccc4s3)N2C1=O. The van der Waals surface area contributed by atoms with Gasteiger partial charge in [0.25, 0.3) is 5.91 Å². The first-order valence-corrected chi connectivity index (χ1v) is 16.4. The zero-order valence-corrected chi connectivity index (χ0v) is 27.8. The van der Waals surface area contributed by atoms with E-state index in [0.717, 1.165) is 10.3 Å². The molecule has 1 unspecified atom stereocenters. The van der Waals surface area contributed by atoms with Crippen LogP contribution in [0.15, 0.2) is 59.6 Å². The molecule has 2 fully saturated rings. The number of carbonyl (C=O) groups excluding carboxylic acids is 4. The second-order valence-corrected chi connectivity index (χ2v) is 13.9. The van der Waals surface area contributed by atoms with Gasteiger partial charge < -0.3 is 37.3 Å². The smallest absolute Gasteiger partial charge is 0.408 e. The highest BCUT2D eigenvalue weighted by Gasteiger charge is 2.54. The largest absolute Gasteiger partial charge is 0.444 e. The molecule has 2 aromatic carbocycles. The average Bonchev–Trinajstić information content (AvgIpc) is 3.65. The number of para-hydroxylation sites is 1. The molecule has 5 rings (SSSR count). The number of aliphatic hydroxyl groups excluding tert-OH is 1. The van der Waals surface area contributed by atoms with E-state index < -0.39 is 59.2 Å². The third kappa shape index (κ3) is 8.00. The molecule has 5 amide bonds. The third-order valence-electron chi connectivity index (χ3n) is 8.04. The van der Waals surface area contributed by atoms with Gasteiger partial charge in [0.1, 0.15) is 28.3 Å². The molecular weight excluding hydrogens is 638 g/mol. The molecule has 3 aromatic rings. The van der Waals surface area contributed by atoms with Gasteiger partial charge in [-0.25, -0.2) is 19.6 Å². The Morgan fingerprint density at radius 3 is 2.52 bits per heavy atom. The quantitative estimate of drug-likeness (QED) is 0.142. The topological polar surface area (TPSA) is 218 Å². The Morgan fingerprint density at radius 2 is 1.83 bits per heavy atom. The number of thiazole rings is 1. The molecule has 2 aliphatic rings. The van der Waals surface area contributed by atoms with E-state index in [4.69, 9.17) is 16.2 Å². The Balaban J connectivity index is 1.40. The molecule has 0 spiro atoms. The van der Waals surface area contributed by atoms with Gasteiger partial charge in [0, 0.05) is 26.1 Å². The lowest BCUT2D eigenvalue weighted by atomic mass is 9.84. The molecule has 1 aromatic heterocycles. The fourth-order valence-electron chi connectivity index (χ4n) is 5.91. The number of carbonyl (C=O) groups is 4. The van der Waals surface area contributed by atoms with Crippen molar-refractivity contribution >= 4 is 51.5 Å². The molecule has 2 aliphatic heterocycles. The van der Waals surface area contributed by atoms with E-state index in [1.54, 1.807) is 31.8 Å². The number of fused-ring (bicyclic) bond motifs is 2. The highest BCUT2D eigenvalue weighted by atomic mass is 32.1. The second kappa shape index (κ2) is 14.1. The van der Waals surface area contributed by atoms with Crippen LogP contribution in [0.1, 0.15) is 50.3 Å². The lowest BCUT2D eigenvalue weighted by Crippen LogP contribution is -2.70. The number of aromatic nitrogens is 1. The molecule has 8 N–H and O–H groups in total. The number of hydrazine groups is 1. The van der Waals surface area contributed by atoms with Crippen molar-refractivity contribution in [2.75, 3.05) is 19.6 Å². The number of rotatable bonds is 9. The van der Waals surface area contributed by atoms with Crippen LogP contribution in [0, 0.1) is 0 Å². The highest BCUT2D eigenvalue weighted by Crippen LogP contribution is 2.34. The van der Waals surface area contributed by atoms with Crippen LogP contribution < -0.4 is 27.4 Å². The summed E-state index contributed by atoms with van der Waals surface area (Å²) < 4.78 is 6.38. The first-order chi connectivity index (χ1) is 22.7. The number of aliphatic hydroxyl groups is 1. The van der Waals surface area contributed by atoms with Gasteiger partial charge in [-0.3, -0.25) is 14.6 Å². The summed E-state index contributed by atoms with van der Waals surface area (Å²) in [7, 11) is 0. The highest BCUT2D eigenvalue weighted by molar-refractivity contribution is 7.18. The van der Waals surface area contributed by atoms with E-state index >= 15 is 0 Å². The lowest BCUT2D eigenvalue weighted by molar-refractivity contribution is -0.167. The second-order valence-electron chi connectivity index (χ2n) is 12.8. The number of benzene rings is 2. The van der Waals surface area contributed by atoms with Gasteiger partial charge in [0.05, 0.1) is 16.3 Å². The molecule has 48 heavy (non-hydrogen) atoms. The standard InChI is InChI=1S/C32H41N9O6S/c1-31(2,3)47-30(46)39-32(17-19-9-5-4-6-10-19)14-16-40-15-13-22(41(40)27(32)44)25(43)36-21(18-35-29(45)38-28(33)34)24(42)26-37-20-11-7-8-12-23(20)48-26/h4-12,21-22,24,42H,13-18H2,1-3H3,(H,36,43)(H,39,46)(H5,33,34,35,38,45)/t21-,22-,24?,32+/m0/s1. The maximum absolute atomic E-state index is 14.5. The van der Waals surface area contributed by atoms with E-state index in [0.29, 0.717) is 36.5 Å². The summed E-state index contributed by atoms with van der Waals surface area (Å²) in [6, 6.07) is 13.8. The van der Waals surface area contributed by atoms with Crippen LogP contribution in [-0.4, -0.2) is 92.9 Å². The first-order valence-electron chi connectivity index (χ1n) is 15.6. The fraction of sp³-hybridized carbons (Fsp3) is 0.438. The number of hydrogen-bond acceptors (Lipinski definition) is 9. The van der Waals surface area contributed by atoms with Gasteiger partial charge in [0.15, 0.2) is 5.96 Å². The molecule has 0 saturated carbocycles. The molecule has 16 heteroatoms. The van der Waals surface area contributed by atoms with E-state index in [9.17, 15) is 24.3 Å². The van der Waals surface area contributed by atoms with Crippen LogP contribution in [-0.2, 0) is 20.7 Å². The Hall–Kier alpha value is -4.80. The summed E-state index contributed by atoms with van der Waals surface area (Å²) in [5, 5.41) is 23.2. The lowest BCUT2D eigenvalue weighted by Gasteiger charge is -2.46. The van der Waals surface area contributed by atoms with E-state index in [1.807, 2.05) is 48.5 Å². The minimum absolute atomic E-state index is 0.181. The van der Waals surface area contributed by atoms with Crippen LogP contribution in [0.4, 0.5) is 9.59 Å². The van der Waals surface area contributed by atoms with Crippen molar-refractivity contribution in [3.05, 3.63) is 65.2 Å². The molecule has 3 heterocycles. The van der Waals surface area contributed by atoms with Gasteiger partial charge >= 0.3 is 12.1 Å². The summed E-state index contributed by atoms with van der Waals surface area (Å²) in [5.41, 5.74) is 9.96. The Bertz CT molecular complexity index is 1660. The number of amides is 5. The number of hydrogen-bond donors (Lipinski definition) is 6.